The van der Waals surface area contributed by atoms with Crippen LogP contribution >= 0.6 is 23.2 Å². The van der Waals surface area contributed by atoms with Gasteiger partial charge >= 0.3 is 6.03 Å². The largest absolute Gasteiger partial charge is 0.495 e. The van der Waals surface area contributed by atoms with Crippen LogP contribution < -0.4 is 15.0 Å². The first-order valence-electron chi connectivity index (χ1n) is 7.94. The molecule has 136 valence electrons. The number of urea groups is 1. The summed E-state index contributed by atoms with van der Waals surface area (Å²) in [6.07, 6.45) is 0. The van der Waals surface area contributed by atoms with Crippen LogP contribution in [0.25, 0.3) is 0 Å². The summed E-state index contributed by atoms with van der Waals surface area (Å²) in [5.41, 5.74) is 1.14. The Hall–Kier alpha value is -2.44. The fourth-order valence-corrected chi connectivity index (χ4v) is 3.22. The molecule has 3 rings (SSSR count). The van der Waals surface area contributed by atoms with Gasteiger partial charge in [-0.3, -0.25) is 9.69 Å². The Kier molecular flexibility index (Phi) is 5.54. The molecule has 0 radical (unpaired) electrons. The fraction of sp³-hybridized carbons (Fsp3) is 0.222. The van der Waals surface area contributed by atoms with Crippen molar-refractivity contribution in [3.05, 3.63) is 52.5 Å². The summed E-state index contributed by atoms with van der Waals surface area (Å²) < 4.78 is 5.31. The summed E-state index contributed by atoms with van der Waals surface area (Å²) in [5.74, 6) is 0.282. The van der Waals surface area contributed by atoms with Crippen molar-refractivity contribution in [2.45, 2.75) is 0 Å². The number of para-hydroxylation sites is 2. The van der Waals surface area contributed by atoms with Gasteiger partial charge in [-0.05, 0) is 30.3 Å². The molecule has 1 aliphatic heterocycles. The average Bonchev–Trinajstić information content (AvgIpc) is 2.98. The van der Waals surface area contributed by atoms with Crippen LogP contribution in [-0.4, -0.2) is 43.6 Å². The second kappa shape index (κ2) is 7.85. The molecule has 1 fully saturated rings. The standard InChI is InChI=1S/C18H17Cl2N3O3/c1-26-16-5-3-2-4-15(16)23-9-8-22(18(23)25)11-17(24)21-14-7-6-12(19)10-13(14)20/h2-7,10H,8-9,11H2,1H3,(H,21,24). The number of hydrogen-bond acceptors (Lipinski definition) is 3. The van der Waals surface area contributed by atoms with Crippen molar-refractivity contribution in [2.24, 2.45) is 0 Å². The Labute approximate surface area is 161 Å². The number of anilines is 2. The molecular formula is C18H17Cl2N3O3. The molecule has 0 bridgehead atoms. The van der Waals surface area contributed by atoms with E-state index in [4.69, 9.17) is 27.9 Å². The number of halogens is 2. The minimum Gasteiger partial charge on any atom is -0.495 e. The van der Waals surface area contributed by atoms with Gasteiger partial charge in [-0.25, -0.2) is 4.79 Å². The number of ether oxygens (including phenoxy) is 1. The number of rotatable bonds is 5. The third-order valence-electron chi connectivity index (χ3n) is 4.01. The third-order valence-corrected chi connectivity index (χ3v) is 4.56. The number of hydrogen-bond donors (Lipinski definition) is 1. The van der Waals surface area contributed by atoms with Crippen molar-refractivity contribution in [1.82, 2.24) is 4.90 Å². The number of methoxy groups -OCH3 is 1. The second-order valence-corrected chi connectivity index (χ2v) is 6.54. The van der Waals surface area contributed by atoms with Gasteiger partial charge in [0.2, 0.25) is 5.91 Å². The van der Waals surface area contributed by atoms with E-state index in [2.05, 4.69) is 5.32 Å². The Morgan fingerprint density at radius 3 is 2.69 bits per heavy atom. The lowest BCUT2D eigenvalue weighted by Gasteiger charge is -2.20. The highest BCUT2D eigenvalue weighted by Crippen LogP contribution is 2.30. The first kappa shape index (κ1) is 18.4. The van der Waals surface area contributed by atoms with Gasteiger partial charge in [0.05, 0.1) is 23.5 Å². The smallest absolute Gasteiger partial charge is 0.325 e. The molecular weight excluding hydrogens is 377 g/mol. The first-order chi connectivity index (χ1) is 12.5. The average molecular weight is 394 g/mol. The molecule has 0 aromatic heterocycles. The summed E-state index contributed by atoms with van der Waals surface area (Å²) >= 11 is 11.9. The second-order valence-electron chi connectivity index (χ2n) is 5.70. The van der Waals surface area contributed by atoms with E-state index in [1.165, 1.54) is 4.90 Å². The van der Waals surface area contributed by atoms with Crippen LogP contribution in [0.15, 0.2) is 42.5 Å². The Bertz CT molecular complexity index is 844. The lowest BCUT2D eigenvalue weighted by Crippen LogP contribution is -2.37. The van der Waals surface area contributed by atoms with E-state index in [0.29, 0.717) is 40.3 Å². The maximum absolute atomic E-state index is 12.6. The highest BCUT2D eigenvalue weighted by atomic mass is 35.5. The predicted molar refractivity (Wildman–Crippen MR) is 102 cm³/mol. The molecule has 6 nitrogen and oxygen atoms in total. The molecule has 2 aromatic rings. The number of amides is 3. The van der Waals surface area contributed by atoms with Gasteiger partial charge in [-0.1, -0.05) is 35.3 Å². The van der Waals surface area contributed by atoms with Gasteiger partial charge in [-0.2, -0.15) is 0 Å². The molecule has 1 saturated heterocycles. The van der Waals surface area contributed by atoms with Gasteiger partial charge in [0.1, 0.15) is 12.3 Å². The van der Waals surface area contributed by atoms with Crippen LogP contribution in [0, 0.1) is 0 Å². The van der Waals surface area contributed by atoms with Crippen LogP contribution in [0.4, 0.5) is 16.2 Å². The minimum absolute atomic E-state index is 0.0660. The van der Waals surface area contributed by atoms with Gasteiger partial charge in [0.25, 0.3) is 0 Å². The summed E-state index contributed by atoms with van der Waals surface area (Å²) in [6.45, 7) is 0.857. The number of nitrogens with one attached hydrogen (secondary N) is 1. The highest BCUT2D eigenvalue weighted by molar-refractivity contribution is 6.36. The van der Waals surface area contributed by atoms with E-state index in [1.807, 2.05) is 18.2 Å². The Morgan fingerprint density at radius 1 is 1.19 bits per heavy atom. The van der Waals surface area contributed by atoms with Gasteiger partial charge in [0, 0.05) is 18.1 Å². The van der Waals surface area contributed by atoms with E-state index >= 15 is 0 Å². The zero-order valence-electron chi connectivity index (χ0n) is 14.0. The van der Waals surface area contributed by atoms with Crippen LogP contribution in [0.5, 0.6) is 5.75 Å². The minimum atomic E-state index is -0.329. The van der Waals surface area contributed by atoms with Crippen LogP contribution in [0.1, 0.15) is 0 Å². The van der Waals surface area contributed by atoms with E-state index in [0.717, 1.165) is 0 Å². The molecule has 26 heavy (non-hydrogen) atoms. The predicted octanol–water partition coefficient (Wildman–Crippen LogP) is 3.88. The molecule has 0 spiro atoms. The highest BCUT2D eigenvalue weighted by Gasteiger charge is 2.32. The van der Waals surface area contributed by atoms with Crippen LogP contribution in [0.2, 0.25) is 10.0 Å². The monoisotopic (exact) mass is 393 g/mol. The lowest BCUT2D eigenvalue weighted by atomic mass is 10.2. The van der Waals surface area contributed by atoms with Crippen molar-refractivity contribution >= 4 is 46.5 Å². The molecule has 1 aliphatic rings. The van der Waals surface area contributed by atoms with Crippen molar-refractivity contribution in [2.75, 3.05) is 37.0 Å². The lowest BCUT2D eigenvalue weighted by molar-refractivity contribution is -0.116. The third kappa shape index (κ3) is 3.86. The number of carbonyl (C=O) groups excluding carboxylic acids is 2. The van der Waals surface area contributed by atoms with Gasteiger partial charge in [-0.15, -0.1) is 0 Å². The van der Waals surface area contributed by atoms with Crippen molar-refractivity contribution in [3.63, 3.8) is 0 Å². The summed E-state index contributed by atoms with van der Waals surface area (Å²) in [4.78, 5) is 28.0. The zero-order chi connectivity index (χ0) is 18.7. The molecule has 1 N–H and O–H groups in total. The zero-order valence-corrected chi connectivity index (χ0v) is 15.5. The maximum Gasteiger partial charge on any atom is 0.325 e. The first-order valence-corrected chi connectivity index (χ1v) is 8.69. The van der Waals surface area contributed by atoms with Crippen molar-refractivity contribution in [3.8, 4) is 5.75 Å². The summed E-state index contributed by atoms with van der Waals surface area (Å²) in [6, 6.07) is 11.8. The molecule has 0 aliphatic carbocycles. The SMILES string of the molecule is COc1ccccc1N1CCN(CC(=O)Nc2ccc(Cl)cc2Cl)C1=O. The number of benzene rings is 2. The quantitative estimate of drug-likeness (QED) is 0.837. The molecule has 1 heterocycles. The molecule has 0 atom stereocenters. The van der Waals surface area contributed by atoms with Crippen molar-refractivity contribution < 1.29 is 14.3 Å². The fourth-order valence-electron chi connectivity index (χ4n) is 2.76. The van der Waals surface area contributed by atoms with E-state index in [1.54, 1.807) is 36.3 Å². The van der Waals surface area contributed by atoms with E-state index in [9.17, 15) is 9.59 Å². The Balaban J connectivity index is 1.66. The van der Waals surface area contributed by atoms with Gasteiger partial charge < -0.3 is 15.0 Å². The molecule has 3 amide bonds. The molecule has 0 saturated carbocycles. The Morgan fingerprint density at radius 2 is 1.96 bits per heavy atom. The number of carbonyl (C=O) groups is 2. The molecule has 0 unspecified atom stereocenters. The van der Waals surface area contributed by atoms with E-state index in [-0.39, 0.29) is 18.5 Å². The number of nitrogens with zero attached hydrogens (tertiary/aromatic N) is 2. The summed E-state index contributed by atoms with van der Waals surface area (Å²) in [7, 11) is 1.56. The maximum atomic E-state index is 12.6. The van der Waals surface area contributed by atoms with E-state index < -0.39 is 0 Å². The molecule has 2 aromatic carbocycles. The topological polar surface area (TPSA) is 61.9 Å². The van der Waals surface area contributed by atoms with Crippen molar-refractivity contribution in [1.29, 1.82) is 0 Å². The normalized spacial score (nSPS) is 13.9. The van der Waals surface area contributed by atoms with Crippen LogP contribution in [0.3, 0.4) is 0 Å². The summed E-state index contributed by atoms with van der Waals surface area (Å²) in [5, 5.41) is 3.52. The van der Waals surface area contributed by atoms with Gasteiger partial charge in [0.15, 0.2) is 0 Å². The molecule has 8 heteroatoms. The van der Waals surface area contributed by atoms with Crippen LogP contribution in [-0.2, 0) is 4.79 Å².